The summed E-state index contributed by atoms with van der Waals surface area (Å²) >= 11 is 7.43. The number of benzene rings is 1. The van der Waals surface area contributed by atoms with Crippen LogP contribution >= 0.6 is 22.9 Å². The fourth-order valence-electron chi connectivity index (χ4n) is 3.09. The van der Waals surface area contributed by atoms with Gasteiger partial charge in [-0.15, -0.1) is 0 Å². The fourth-order valence-corrected chi connectivity index (χ4v) is 4.23. The number of anilines is 1. The molecule has 0 saturated heterocycles. The number of amides is 1. The average Bonchev–Trinajstić information content (AvgIpc) is 2.83. The second-order valence-corrected chi connectivity index (χ2v) is 7.01. The van der Waals surface area contributed by atoms with Crippen molar-refractivity contribution >= 4 is 44.2 Å². The SMILES string of the molecule is O=C(Nc1nc2ccc(Cl)cc2s1)C1CC2CC2C1. The van der Waals surface area contributed by atoms with E-state index in [2.05, 4.69) is 10.3 Å². The third kappa shape index (κ3) is 2.13. The number of nitrogens with one attached hydrogen (secondary N) is 1. The molecule has 5 heteroatoms. The van der Waals surface area contributed by atoms with Gasteiger partial charge in [0.15, 0.2) is 5.13 Å². The van der Waals surface area contributed by atoms with Crippen molar-refractivity contribution in [1.82, 2.24) is 4.98 Å². The minimum Gasteiger partial charge on any atom is -0.302 e. The van der Waals surface area contributed by atoms with Crippen LogP contribution in [0.15, 0.2) is 18.2 Å². The third-order valence-corrected chi connectivity index (χ3v) is 5.36. The van der Waals surface area contributed by atoms with Crippen molar-refractivity contribution in [3.8, 4) is 0 Å². The largest absolute Gasteiger partial charge is 0.302 e. The number of carbonyl (C=O) groups excluding carboxylic acids is 1. The minimum atomic E-state index is 0.136. The van der Waals surface area contributed by atoms with E-state index in [0.717, 1.165) is 34.9 Å². The zero-order valence-corrected chi connectivity index (χ0v) is 11.8. The van der Waals surface area contributed by atoms with E-state index < -0.39 is 0 Å². The Balaban J connectivity index is 1.52. The number of aromatic nitrogens is 1. The van der Waals surface area contributed by atoms with Gasteiger partial charge in [0.2, 0.25) is 5.91 Å². The molecule has 0 radical (unpaired) electrons. The maximum Gasteiger partial charge on any atom is 0.229 e. The molecule has 0 spiro atoms. The lowest BCUT2D eigenvalue weighted by Crippen LogP contribution is -2.21. The van der Waals surface area contributed by atoms with E-state index in [1.54, 1.807) is 0 Å². The Kier molecular flexibility index (Phi) is 2.57. The minimum absolute atomic E-state index is 0.136. The van der Waals surface area contributed by atoms with Gasteiger partial charge in [-0.25, -0.2) is 4.98 Å². The first kappa shape index (κ1) is 11.7. The van der Waals surface area contributed by atoms with Gasteiger partial charge >= 0.3 is 0 Å². The van der Waals surface area contributed by atoms with Gasteiger partial charge in [0.25, 0.3) is 0 Å². The van der Waals surface area contributed by atoms with Crippen LogP contribution in [0, 0.1) is 17.8 Å². The monoisotopic (exact) mass is 292 g/mol. The molecule has 2 saturated carbocycles. The Morgan fingerprint density at radius 3 is 2.89 bits per heavy atom. The van der Waals surface area contributed by atoms with Crippen LogP contribution in [-0.2, 0) is 4.79 Å². The molecule has 1 heterocycles. The molecule has 2 aliphatic rings. The van der Waals surface area contributed by atoms with Crippen molar-refractivity contribution in [3.05, 3.63) is 23.2 Å². The normalized spacial score (nSPS) is 28.4. The Morgan fingerprint density at radius 1 is 1.32 bits per heavy atom. The van der Waals surface area contributed by atoms with Crippen LogP contribution < -0.4 is 5.32 Å². The first-order valence-electron chi connectivity index (χ1n) is 6.56. The number of thiazole rings is 1. The van der Waals surface area contributed by atoms with Gasteiger partial charge < -0.3 is 5.32 Å². The van der Waals surface area contributed by atoms with Gasteiger partial charge in [-0.1, -0.05) is 22.9 Å². The standard InChI is InChI=1S/C14H13ClN2OS/c15-10-1-2-11-12(6-10)19-14(16-11)17-13(18)9-4-7-3-8(7)5-9/h1-2,6-9H,3-5H2,(H,16,17,18). The van der Waals surface area contributed by atoms with E-state index in [1.165, 1.54) is 17.8 Å². The zero-order chi connectivity index (χ0) is 13.0. The van der Waals surface area contributed by atoms with Crippen molar-refractivity contribution in [3.63, 3.8) is 0 Å². The summed E-state index contributed by atoms with van der Waals surface area (Å²) in [4.78, 5) is 16.6. The van der Waals surface area contributed by atoms with Gasteiger partial charge in [-0.3, -0.25) is 4.79 Å². The average molecular weight is 293 g/mol. The third-order valence-electron chi connectivity index (χ3n) is 4.19. The van der Waals surface area contributed by atoms with Crippen LogP contribution in [0.1, 0.15) is 19.3 Å². The van der Waals surface area contributed by atoms with Gasteiger partial charge in [-0.2, -0.15) is 0 Å². The molecule has 19 heavy (non-hydrogen) atoms. The number of hydrogen-bond acceptors (Lipinski definition) is 3. The lowest BCUT2D eigenvalue weighted by Gasteiger charge is -2.09. The lowest BCUT2D eigenvalue weighted by atomic mass is 10.0. The molecule has 0 bridgehead atoms. The first-order chi connectivity index (χ1) is 9.19. The molecule has 2 fully saturated rings. The summed E-state index contributed by atoms with van der Waals surface area (Å²) in [5.41, 5.74) is 0.888. The van der Waals surface area contributed by atoms with E-state index in [1.807, 2.05) is 18.2 Å². The predicted molar refractivity (Wildman–Crippen MR) is 77.6 cm³/mol. The van der Waals surface area contributed by atoms with E-state index in [4.69, 9.17) is 11.6 Å². The molecule has 1 aromatic heterocycles. The zero-order valence-electron chi connectivity index (χ0n) is 10.2. The summed E-state index contributed by atoms with van der Waals surface area (Å²) in [6.45, 7) is 0. The quantitative estimate of drug-likeness (QED) is 0.911. The van der Waals surface area contributed by atoms with Crippen LogP contribution in [-0.4, -0.2) is 10.9 Å². The summed E-state index contributed by atoms with van der Waals surface area (Å²) in [6.07, 6.45) is 3.46. The number of rotatable bonds is 2. The highest BCUT2D eigenvalue weighted by Crippen LogP contribution is 2.54. The highest BCUT2D eigenvalue weighted by atomic mass is 35.5. The smallest absolute Gasteiger partial charge is 0.229 e. The molecule has 2 aromatic rings. The number of nitrogens with zero attached hydrogens (tertiary/aromatic N) is 1. The Bertz CT molecular complexity index is 659. The predicted octanol–water partition coefficient (Wildman–Crippen LogP) is 3.93. The molecule has 2 aliphatic carbocycles. The number of carbonyl (C=O) groups is 1. The van der Waals surface area contributed by atoms with Crippen LogP contribution in [0.2, 0.25) is 5.02 Å². The molecule has 1 amide bonds. The maximum atomic E-state index is 12.2. The topological polar surface area (TPSA) is 42.0 Å². The van der Waals surface area contributed by atoms with Gasteiger partial charge in [0.1, 0.15) is 0 Å². The van der Waals surface area contributed by atoms with E-state index in [-0.39, 0.29) is 11.8 Å². The molecular formula is C14H13ClN2OS. The summed E-state index contributed by atoms with van der Waals surface area (Å²) in [6, 6.07) is 5.59. The van der Waals surface area contributed by atoms with Gasteiger partial charge in [-0.05, 0) is 49.3 Å². The summed E-state index contributed by atoms with van der Waals surface area (Å²) < 4.78 is 1.01. The summed E-state index contributed by atoms with van der Waals surface area (Å²) in [7, 11) is 0. The second kappa shape index (κ2) is 4.18. The maximum absolute atomic E-state index is 12.2. The van der Waals surface area contributed by atoms with Crippen LogP contribution in [0.25, 0.3) is 10.2 Å². The molecular weight excluding hydrogens is 280 g/mol. The molecule has 2 unspecified atom stereocenters. The van der Waals surface area contributed by atoms with Crippen molar-refractivity contribution in [2.24, 2.45) is 17.8 Å². The summed E-state index contributed by atoms with van der Waals surface area (Å²) in [5.74, 6) is 1.98. The summed E-state index contributed by atoms with van der Waals surface area (Å²) in [5, 5.41) is 4.34. The van der Waals surface area contributed by atoms with E-state index >= 15 is 0 Å². The van der Waals surface area contributed by atoms with Crippen LogP contribution in [0.3, 0.4) is 0 Å². The molecule has 4 rings (SSSR count). The van der Waals surface area contributed by atoms with Gasteiger partial charge in [0, 0.05) is 10.9 Å². The van der Waals surface area contributed by atoms with Gasteiger partial charge in [0.05, 0.1) is 10.2 Å². The van der Waals surface area contributed by atoms with Crippen LogP contribution in [0.4, 0.5) is 5.13 Å². The Labute approximate surface area is 120 Å². The van der Waals surface area contributed by atoms with Crippen molar-refractivity contribution < 1.29 is 4.79 Å². The number of hydrogen-bond donors (Lipinski definition) is 1. The van der Waals surface area contributed by atoms with E-state index in [0.29, 0.717) is 10.2 Å². The highest BCUT2D eigenvalue weighted by Gasteiger charge is 2.48. The first-order valence-corrected chi connectivity index (χ1v) is 7.75. The highest BCUT2D eigenvalue weighted by molar-refractivity contribution is 7.22. The molecule has 0 aliphatic heterocycles. The fraction of sp³-hybridized carbons (Fsp3) is 0.429. The van der Waals surface area contributed by atoms with E-state index in [9.17, 15) is 4.79 Å². The van der Waals surface area contributed by atoms with Crippen LogP contribution in [0.5, 0.6) is 0 Å². The molecule has 98 valence electrons. The van der Waals surface area contributed by atoms with Crippen molar-refractivity contribution in [2.75, 3.05) is 5.32 Å². The molecule has 2 atom stereocenters. The number of halogens is 1. The lowest BCUT2D eigenvalue weighted by molar-refractivity contribution is -0.120. The second-order valence-electron chi connectivity index (χ2n) is 5.54. The van der Waals surface area contributed by atoms with Crippen molar-refractivity contribution in [1.29, 1.82) is 0 Å². The molecule has 1 N–H and O–H groups in total. The Hall–Kier alpha value is -1.13. The number of fused-ring (bicyclic) bond motifs is 2. The Morgan fingerprint density at radius 2 is 2.11 bits per heavy atom. The molecule has 1 aromatic carbocycles. The van der Waals surface area contributed by atoms with Crippen molar-refractivity contribution in [2.45, 2.75) is 19.3 Å². The molecule has 3 nitrogen and oxygen atoms in total.